The van der Waals surface area contributed by atoms with Gasteiger partial charge in [-0.15, -0.1) is 0 Å². The number of hydrogen-bond donors (Lipinski definition) is 3. The molecule has 0 unspecified atom stereocenters. The van der Waals surface area contributed by atoms with E-state index in [2.05, 4.69) is 5.10 Å². The van der Waals surface area contributed by atoms with Crippen LogP contribution in [-0.2, 0) is 6.18 Å². The summed E-state index contributed by atoms with van der Waals surface area (Å²) in [4.78, 5) is 20.7. The van der Waals surface area contributed by atoms with Crippen LogP contribution >= 0.6 is 0 Å². The smallest absolute Gasteiger partial charge is 0.421 e. The first-order chi connectivity index (χ1) is 6.75. The second-order valence-electron chi connectivity index (χ2n) is 2.43. The van der Waals surface area contributed by atoms with Gasteiger partial charge in [0.15, 0.2) is 11.4 Å². The van der Waals surface area contributed by atoms with Crippen LogP contribution in [0.3, 0.4) is 0 Å². The average molecular weight is 224 g/mol. The molecule has 0 saturated heterocycles. The number of nitrogens with one attached hydrogen (secondary N) is 1. The highest BCUT2D eigenvalue weighted by Crippen LogP contribution is 2.33. The van der Waals surface area contributed by atoms with E-state index in [4.69, 9.17) is 10.2 Å². The molecule has 0 amide bonds. The van der Waals surface area contributed by atoms with Gasteiger partial charge in [0.2, 0.25) is 0 Å². The fourth-order valence-corrected chi connectivity index (χ4v) is 0.928. The van der Waals surface area contributed by atoms with Gasteiger partial charge in [-0.1, -0.05) is 0 Å². The molecule has 0 aliphatic heterocycles. The molecule has 0 aliphatic carbocycles. The molecule has 15 heavy (non-hydrogen) atoms. The van der Waals surface area contributed by atoms with Crippen molar-refractivity contribution in [2.75, 3.05) is 0 Å². The Morgan fingerprint density at radius 1 is 1.20 bits per heavy atom. The van der Waals surface area contributed by atoms with Gasteiger partial charge in [0.1, 0.15) is 5.56 Å². The molecule has 1 heterocycles. The zero-order valence-electron chi connectivity index (χ0n) is 6.79. The van der Waals surface area contributed by atoms with Crippen molar-refractivity contribution in [3.8, 4) is 0 Å². The minimum Gasteiger partial charge on any atom is -0.477 e. The second kappa shape index (κ2) is 3.26. The van der Waals surface area contributed by atoms with Gasteiger partial charge in [0.25, 0.3) is 0 Å². The maximum Gasteiger partial charge on any atom is 0.421 e. The highest BCUT2D eigenvalue weighted by molar-refractivity contribution is 5.94. The third kappa shape index (κ3) is 1.90. The van der Waals surface area contributed by atoms with Crippen molar-refractivity contribution in [1.29, 1.82) is 0 Å². The first-order valence-electron chi connectivity index (χ1n) is 3.37. The molecule has 6 nitrogen and oxygen atoms in total. The minimum absolute atomic E-state index is 1.29. The summed E-state index contributed by atoms with van der Waals surface area (Å²) in [5.74, 6) is -3.88. The fourth-order valence-electron chi connectivity index (χ4n) is 0.928. The minimum atomic E-state index is -5.09. The molecule has 0 aliphatic rings. The molecule has 1 aromatic heterocycles. The fraction of sp³-hybridized carbons (Fsp3) is 0.167. The zero-order valence-corrected chi connectivity index (χ0v) is 6.79. The van der Waals surface area contributed by atoms with Gasteiger partial charge in [-0.05, 0) is 0 Å². The summed E-state index contributed by atoms with van der Waals surface area (Å²) in [7, 11) is 0. The first-order valence-corrected chi connectivity index (χ1v) is 3.37. The van der Waals surface area contributed by atoms with Crippen molar-refractivity contribution < 1.29 is 33.0 Å². The van der Waals surface area contributed by atoms with E-state index in [0.29, 0.717) is 0 Å². The number of alkyl halides is 3. The predicted molar refractivity (Wildman–Crippen MR) is 37.5 cm³/mol. The lowest BCUT2D eigenvalue weighted by atomic mass is 10.1. The van der Waals surface area contributed by atoms with Crippen LogP contribution in [0, 0.1) is 0 Å². The predicted octanol–water partition coefficient (Wildman–Crippen LogP) is 0.825. The molecule has 0 saturated carbocycles. The molecule has 1 aromatic rings. The molecule has 0 aromatic carbocycles. The molecule has 3 N–H and O–H groups in total. The third-order valence-corrected chi connectivity index (χ3v) is 1.47. The van der Waals surface area contributed by atoms with Gasteiger partial charge in [-0.25, -0.2) is 9.59 Å². The number of aromatic amines is 1. The standard InChI is InChI=1S/C6H3F3N2O4/c7-6(8,9)1-2(4(12)13)10-11-3(1)5(14)15/h(H,10,11)(H,12,13)(H,14,15). The molecule has 9 heteroatoms. The second-order valence-corrected chi connectivity index (χ2v) is 2.43. The van der Waals surface area contributed by atoms with E-state index in [0.717, 1.165) is 0 Å². The van der Waals surface area contributed by atoms with Crippen LogP contribution in [0.5, 0.6) is 0 Å². The Balaban J connectivity index is 3.47. The van der Waals surface area contributed by atoms with Crippen LogP contribution < -0.4 is 0 Å². The number of carbonyl (C=O) groups is 2. The molecule has 0 radical (unpaired) electrons. The van der Waals surface area contributed by atoms with Crippen molar-refractivity contribution in [2.45, 2.75) is 6.18 Å². The largest absolute Gasteiger partial charge is 0.477 e. The Morgan fingerprint density at radius 2 is 1.73 bits per heavy atom. The van der Waals surface area contributed by atoms with E-state index < -0.39 is 35.1 Å². The van der Waals surface area contributed by atoms with Crippen LogP contribution in [0.15, 0.2) is 0 Å². The lowest BCUT2D eigenvalue weighted by molar-refractivity contribution is -0.138. The number of nitrogens with zero attached hydrogens (tertiary/aromatic N) is 1. The van der Waals surface area contributed by atoms with Gasteiger partial charge in [0, 0.05) is 0 Å². The summed E-state index contributed by atoms with van der Waals surface area (Å²) in [6.45, 7) is 0. The van der Waals surface area contributed by atoms with Gasteiger partial charge in [0.05, 0.1) is 0 Å². The van der Waals surface area contributed by atoms with Gasteiger partial charge in [-0.3, -0.25) is 5.10 Å². The Hall–Kier alpha value is -2.06. The van der Waals surface area contributed by atoms with E-state index in [-0.39, 0.29) is 0 Å². The average Bonchev–Trinajstić information content (AvgIpc) is 2.45. The van der Waals surface area contributed by atoms with Gasteiger partial charge < -0.3 is 10.2 Å². The molecular formula is C6H3F3N2O4. The third-order valence-electron chi connectivity index (χ3n) is 1.47. The van der Waals surface area contributed by atoms with E-state index in [9.17, 15) is 22.8 Å². The topological polar surface area (TPSA) is 103 Å². The van der Waals surface area contributed by atoms with Crippen LogP contribution in [0.2, 0.25) is 0 Å². The van der Waals surface area contributed by atoms with Crippen LogP contribution in [0.25, 0.3) is 0 Å². The van der Waals surface area contributed by atoms with Crippen LogP contribution in [-0.4, -0.2) is 32.3 Å². The summed E-state index contributed by atoms with van der Waals surface area (Å²) in [5.41, 5.74) is -4.44. The highest BCUT2D eigenvalue weighted by Gasteiger charge is 2.42. The molecule has 0 fully saturated rings. The maximum absolute atomic E-state index is 12.3. The Bertz CT molecular complexity index is 391. The Kier molecular flexibility index (Phi) is 2.39. The number of halogens is 3. The quantitative estimate of drug-likeness (QED) is 0.690. The summed E-state index contributed by atoms with van der Waals surface area (Å²) in [5, 5.41) is 21.0. The van der Waals surface area contributed by atoms with E-state index >= 15 is 0 Å². The van der Waals surface area contributed by atoms with E-state index in [1.165, 1.54) is 5.10 Å². The van der Waals surface area contributed by atoms with Crippen LogP contribution in [0.1, 0.15) is 26.5 Å². The monoisotopic (exact) mass is 224 g/mol. The lowest BCUT2D eigenvalue weighted by Gasteiger charge is -2.05. The van der Waals surface area contributed by atoms with Gasteiger partial charge >= 0.3 is 18.1 Å². The maximum atomic E-state index is 12.3. The molecule has 82 valence electrons. The Morgan fingerprint density at radius 3 is 2.07 bits per heavy atom. The summed E-state index contributed by atoms with van der Waals surface area (Å²) in [6.07, 6.45) is -5.09. The number of carboxylic acid groups (broad SMARTS) is 2. The number of H-pyrrole nitrogens is 1. The summed E-state index contributed by atoms with van der Waals surface area (Å²) < 4.78 is 36.8. The van der Waals surface area contributed by atoms with E-state index in [1.807, 2.05) is 0 Å². The van der Waals surface area contributed by atoms with E-state index in [1.54, 1.807) is 0 Å². The van der Waals surface area contributed by atoms with Crippen molar-refractivity contribution in [1.82, 2.24) is 10.2 Å². The summed E-state index contributed by atoms with van der Waals surface area (Å²) in [6, 6.07) is 0. The molecule has 0 spiro atoms. The number of aromatic carboxylic acids is 2. The molecular weight excluding hydrogens is 221 g/mol. The SMILES string of the molecule is O=C(O)c1n[nH]c(C(=O)O)c1C(F)(F)F. The molecule has 1 rings (SSSR count). The Labute approximate surface area is 79.3 Å². The number of hydrogen-bond acceptors (Lipinski definition) is 3. The van der Waals surface area contributed by atoms with Crippen molar-refractivity contribution in [2.24, 2.45) is 0 Å². The normalized spacial score (nSPS) is 11.4. The van der Waals surface area contributed by atoms with Gasteiger partial charge in [-0.2, -0.15) is 18.3 Å². The first kappa shape index (κ1) is 11.0. The number of carboxylic acids is 2. The number of aromatic nitrogens is 2. The highest BCUT2D eigenvalue weighted by atomic mass is 19.4. The molecule has 0 atom stereocenters. The van der Waals surface area contributed by atoms with Crippen molar-refractivity contribution in [3.05, 3.63) is 17.0 Å². The lowest BCUT2D eigenvalue weighted by Crippen LogP contribution is -2.15. The van der Waals surface area contributed by atoms with Crippen molar-refractivity contribution >= 4 is 11.9 Å². The number of rotatable bonds is 2. The van der Waals surface area contributed by atoms with Crippen molar-refractivity contribution in [3.63, 3.8) is 0 Å². The zero-order chi connectivity index (χ0) is 11.8. The molecule has 0 bridgehead atoms. The van der Waals surface area contributed by atoms with Crippen LogP contribution in [0.4, 0.5) is 13.2 Å². The summed E-state index contributed by atoms with van der Waals surface area (Å²) >= 11 is 0.